The van der Waals surface area contributed by atoms with E-state index in [1.807, 2.05) is 48.5 Å². The summed E-state index contributed by atoms with van der Waals surface area (Å²) < 4.78 is 17.8. The molecule has 0 N–H and O–H groups in total. The van der Waals surface area contributed by atoms with Crippen molar-refractivity contribution in [1.29, 1.82) is 0 Å². The molecule has 6 nitrogen and oxygen atoms in total. The summed E-state index contributed by atoms with van der Waals surface area (Å²) in [6, 6.07) is 18.4. The fraction of sp³-hybridized carbons (Fsp3) is 0.444. The van der Waals surface area contributed by atoms with Gasteiger partial charge in [0.1, 0.15) is 11.8 Å². The van der Waals surface area contributed by atoms with Crippen LogP contribution in [0.1, 0.15) is 33.3 Å². The van der Waals surface area contributed by atoms with Gasteiger partial charge >= 0.3 is 5.97 Å². The van der Waals surface area contributed by atoms with Gasteiger partial charge in [-0.15, -0.1) is 0 Å². The molecule has 33 heavy (non-hydrogen) atoms. The molecule has 0 unspecified atom stereocenters. The van der Waals surface area contributed by atoms with Gasteiger partial charge in [0, 0.05) is 16.9 Å². The Labute approximate surface area is 196 Å². The van der Waals surface area contributed by atoms with Gasteiger partial charge in [-0.25, -0.2) is 4.79 Å². The Bertz CT molecular complexity index is 959. The summed E-state index contributed by atoms with van der Waals surface area (Å²) in [6.45, 7) is 10.3. The monoisotopic (exact) mass is 451 g/mol. The molecule has 2 atom stereocenters. The van der Waals surface area contributed by atoms with Gasteiger partial charge in [-0.1, -0.05) is 76.2 Å². The molecular weight excluding hydrogens is 418 g/mol. The summed E-state index contributed by atoms with van der Waals surface area (Å²) in [4.78, 5) is 19.6. The highest BCUT2D eigenvalue weighted by Gasteiger charge is 2.49. The van der Waals surface area contributed by atoms with Gasteiger partial charge in [0.05, 0.1) is 26.4 Å². The van der Waals surface area contributed by atoms with E-state index in [1.54, 1.807) is 17.2 Å². The molecule has 0 aromatic heterocycles. The van der Waals surface area contributed by atoms with Crippen molar-refractivity contribution in [3.05, 3.63) is 77.7 Å². The zero-order chi connectivity index (χ0) is 23.4. The molecule has 4 rings (SSSR count). The van der Waals surface area contributed by atoms with Gasteiger partial charge in [0.2, 0.25) is 0 Å². The van der Waals surface area contributed by atoms with Crippen LogP contribution in [0.15, 0.2) is 72.2 Å². The van der Waals surface area contributed by atoms with Crippen molar-refractivity contribution in [1.82, 2.24) is 5.06 Å². The van der Waals surface area contributed by atoms with E-state index in [-0.39, 0.29) is 23.2 Å². The lowest BCUT2D eigenvalue weighted by Crippen LogP contribution is -2.43. The molecule has 0 aliphatic carbocycles. The maximum absolute atomic E-state index is 13.4. The van der Waals surface area contributed by atoms with Crippen molar-refractivity contribution in [3.8, 4) is 5.75 Å². The van der Waals surface area contributed by atoms with Crippen LogP contribution in [0.4, 0.5) is 0 Å². The van der Waals surface area contributed by atoms with Crippen molar-refractivity contribution in [2.75, 3.05) is 19.8 Å². The SMILES string of the molecule is CC(C)[C@@H]1C(=C2OCC(C)(C)CO2)CN(OCc2ccccc2)[C@H]1C(=O)Oc1ccccc1. The second kappa shape index (κ2) is 9.98. The Morgan fingerprint density at radius 3 is 2.24 bits per heavy atom. The largest absolute Gasteiger partial charge is 0.465 e. The predicted molar refractivity (Wildman–Crippen MR) is 125 cm³/mol. The van der Waals surface area contributed by atoms with Gasteiger partial charge in [0.15, 0.2) is 0 Å². The second-order valence-electron chi connectivity index (χ2n) is 9.84. The Balaban J connectivity index is 1.62. The molecule has 0 spiro atoms. The molecule has 2 fully saturated rings. The van der Waals surface area contributed by atoms with Crippen molar-refractivity contribution in [2.45, 2.75) is 40.3 Å². The number of carbonyl (C=O) groups is 1. The number of para-hydroxylation sites is 1. The molecule has 2 heterocycles. The third-order valence-electron chi connectivity index (χ3n) is 5.99. The number of hydrogen-bond acceptors (Lipinski definition) is 6. The summed E-state index contributed by atoms with van der Waals surface area (Å²) in [5, 5.41) is 1.73. The van der Waals surface area contributed by atoms with E-state index in [4.69, 9.17) is 19.0 Å². The molecule has 2 aromatic carbocycles. The Kier molecular flexibility index (Phi) is 7.05. The first-order valence-electron chi connectivity index (χ1n) is 11.5. The van der Waals surface area contributed by atoms with Crippen molar-refractivity contribution >= 4 is 5.97 Å². The molecule has 0 saturated carbocycles. The third-order valence-corrected chi connectivity index (χ3v) is 5.99. The number of esters is 1. The zero-order valence-electron chi connectivity index (χ0n) is 19.8. The molecule has 0 radical (unpaired) electrons. The summed E-state index contributed by atoms with van der Waals surface area (Å²) in [6.07, 6.45) is 0. The zero-order valence-corrected chi connectivity index (χ0v) is 19.8. The predicted octanol–water partition coefficient (Wildman–Crippen LogP) is 4.96. The van der Waals surface area contributed by atoms with Crippen LogP contribution in [0.25, 0.3) is 0 Å². The molecule has 176 valence electrons. The highest BCUT2D eigenvalue weighted by molar-refractivity contribution is 5.80. The van der Waals surface area contributed by atoms with E-state index in [0.29, 0.717) is 38.1 Å². The number of carbonyl (C=O) groups excluding carboxylic acids is 1. The maximum Gasteiger partial charge on any atom is 0.331 e. The van der Waals surface area contributed by atoms with Crippen LogP contribution >= 0.6 is 0 Å². The van der Waals surface area contributed by atoms with Gasteiger partial charge < -0.3 is 14.2 Å². The number of rotatable bonds is 6. The summed E-state index contributed by atoms with van der Waals surface area (Å²) >= 11 is 0. The van der Waals surface area contributed by atoms with Gasteiger partial charge in [-0.05, 0) is 23.6 Å². The topological polar surface area (TPSA) is 57.2 Å². The van der Waals surface area contributed by atoms with Gasteiger partial charge in [-0.3, -0.25) is 4.84 Å². The molecule has 6 heteroatoms. The number of benzene rings is 2. The Morgan fingerprint density at radius 2 is 1.64 bits per heavy atom. The highest BCUT2D eigenvalue weighted by atomic mass is 16.7. The summed E-state index contributed by atoms with van der Waals surface area (Å²) in [7, 11) is 0. The van der Waals surface area contributed by atoms with Crippen LogP contribution in [0, 0.1) is 17.3 Å². The molecule has 0 amide bonds. The third kappa shape index (κ3) is 5.57. The second-order valence-corrected chi connectivity index (χ2v) is 9.84. The molecule has 2 aromatic rings. The average molecular weight is 452 g/mol. The number of nitrogens with zero attached hydrogens (tertiary/aromatic N) is 1. The fourth-order valence-electron chi connectivity index (χ4n) is 4.29. The Hall–Kier alpha value is -2.83. The van der Waals surface area contributed by atoms with E-state index in [9.17, 15) is 4.79 Å². The minimum absolute atomic E-state index is 0.0505. The van der Waals surface area contributed by atoms with Crippen molar-refractivity contribution in [2.24, 2.45) is 17.3 Å². The minimum atomic E-state index is -0.612. The van der Waals surface area contributed by atoms with E-state index in [0.717, 1.165) is 11.1 Å². The standard InChI is InChI=1S/C27H33NO5/c1-19(2)23-22(26-30-17-27(3,4)18-31-26)15-28(32-16-20-11-7-5-8-12-20)24(23)25(29)33-21-13-9-6-10-14-21/h5-14,19,23-24H,15-18H2,1-4H3/t23-,24-/m1/s1. The average Bonchev–Trinajstić information content (AvgIpc) is 3.19. The first-order valence-corrected chi connectivity index (χ1v) is 11.5. The van der Waals surface area contributed by atoms with Crippen LogP contribution < -0.4 is 4.74 Å². The lowest BCUT2D eigenvalue weighted by Gasteiger charge is -2.33. The smallest absolute Gasteiger partial charge is 0.331 e. The van der Waals surface area contributed by atoms with E-state index in [1.165, 1.54) is 0 Å². The van der Waals surface area contributed by atoms with Crippen molar-refractivity contribution < 1.29 is 23.8 Å². The van der Waals surface area contributed by atoms with Crippen LogP contribution in [-0.2, 0) is 25.7 Å². The first-order chi connectivity index (χ1) is 15.8. The maximum atomic E-state index is 13.4. The van der Waals surface area contributed by atoms with Crippen LogP contribution in [0.3, 0.4) is 0 Å². The Morgan fingerprint density at radius 1 is 1.03 bits per heavy atom. The van der Waals surface area contributed by atoms with Crippen molar-refractivity contribution in [3.63, 3.8) is 0 Å². The number of hydrogen-bond donors (Lipinski definition) is 0. The molecule has 2 aliphatic rings. The lowest BCUT2D eigenvalue weighted by atomic mass is 9.85. The van der Waals surface area contributed by atoms with Gasteiger partial charge in [-0.2, -0.15) is 5.06 Å². The molecule has 2 aliphatic heterocycles. The lowest BCUT2D eigenvalue weighted by molar-refractivity contribution is -0.195. The summed E-state index contributed by atoms with van der Waals surface area (Å²) in [5.41, 5.74) is 1.93. The first kappa shape index (κ1) is 23.3. The minimum Gasteiger partial charge on any atom is -0.465 e. The normalized spacial score (nSPS) is 22.7. The van der Waals surface area contributed by atoms with E-state index < -0.39 is 6.04 Å². The highest BCUT2D eigenvalue weighted by Crippen LogP contribution is 2.40. The summed E-state index contributed by atoms with van der Waals surface area (Å²) in [5.74, 6) is 0.679. The van der Waals surface area contributed by atoms with E-state index in [2.05, 4.69) is 27.7 Å². The quantitative estimate of drug-likeness (QED) is 0.457. The van der Waals surface area contributed by atoms with Gasteiger partial charge in [0.25, 0.3) is 5.95 Å². The molecule has 2 saturated heterocycles. The van der Waals surface area contributed by atoms with E-state index >= 15 is 0 Å². The van der Waals surface area contributed by atoms with Crippen LogP contribution in [0.2, 0.25) is 0 Å². The fourth-order valence-corrected chi connectivity index (χ4v) is 4.29. The van der Waals surface area contributed by atoms with Crippen LogP contribution in [0.5, 0.6) is 5.75 Å². The van der Waals surface area contributed by atoms with Crippen LogP contribution in [-0.4, -0.2) is 36.8 Å². The number of hydroxylamine groups is 2. The molecular formula is C27H33NO5. The molecule has 0 bridgehead atoms. The number of ether oxygens (including phenoxy) is 3.